The molecule has 4 fully saturated rings. The second kappa shape index (κ2) is 8.96. The van der Waals surface area contributed by atoms with Crippen molar-refractivity contribution in [2.24, 2.45) is 50.2 Å². The molecule has 1 aromatic carbocycles. The van der Waals surface area contributed by atoms with Crippen LogP contribution in [0, 0.1) is 50.2 Å². The number of carbonyl (C=O) groups is 1. The number of benzene rings is 1. The molecule has 39 heavy (non-hydrogen) atoms. The monoisotopic (exact) mass is 530 g/mol. The maximum atomic E-state index is 13.6. The number of rotatable bonds is 3. The molecule has 214 valence electrons. The number of allylic oxidation sites excluding steroid dienone is 2. The van der Waals surface area contributed by atoms with Crippen LogP contribution in [0.3, 0.4) is 0 Å². The van der Waals surface area contributed by atoms with Crippen LogP contribution < -0.4 is 0 Å². The molecule has 0 radical (unpaired) electrons. The van der Waals surface area contributed by atoms with Crippen molar-refractivity contribution in [2.45, 2.75) is 126 Å². The van der Waals surface area contributed by atoms with Gasteiger partial charge in [-0.05, 0) is 122 Å². The van der Waals surface area contributed by atoms with E-state index in [4.69, 9.17) is 4.74 Å². The van der Waals surface area contributed by atoms with E-state index in [-0.39, 0.29) is 11.4 Å². The van der Waals surface area contributed by atoms with Gasteiger partial charge in [0.25, 0.3) is 0 Å². The maximum absolute atomic E-state index is 13.6. The van der Waals surface area contributed by atoms with Crippen LogP contribution in [0.2, 0.25) is 0 Å². The summed E-state index contributed by atoms with van der Waals surface area (Å²) in [5, 5.41) is 0. The number of carbonyl (C=O) groups excluding carboxylic acids is 1. The van der Waals surface area contributed by atoms with Gasteiger partial charge in [-0.1, -0.05) is 89.9 Å². The summed E-state index contributed by atoms with van der Waals surface area (Å²) >= 11 is 0. The maximum Gasteiger partial charge on any atom is 0.312 e. The Morgan fingerprint density at radius 2 is 1.56 bits per heavy atom. The van der Waals surface area contributed by atoms with Crippen molar-refractivity contribution in [3.05, 3.63) is 47.5 Å². The van der Waals surface area contributed by atoms with Gasteiger partial charge in [0.2, 0.25) is 0 Å². The Hall–Kier alpha value is -1.57. The van der Waals surface area contributed by atoms with Crippen molar-refractivity contribution < 1.29 is 9.53 Å². The fourth-order valence-electron chi connectivity index (χ4n) is 11.5. The predicted octanol–water partition coefficient (Wildman–Crippen LogP) is 9.92. The van der Waals surface area contributed by atoms with E-state index in [0.29, 0.717) is 34.2 Å². The molecule has 0 amide bonds. The minimum Gasteiger partial charge on any atom is -0.460 e. The van der Waals surface area contributed by atoms with Crippen LogP contribution >= 0.6 is 0 Å². The molecule has 0 bridgehead atoms. The molecule has 2 heteroatoms. The molecule has 0 aliphatic heterocycles. The molecule has 0 spiro atoms. The second-order valence-electron chi connectivity index (χ2n) is 16.7. The molecule has 0 saturated heterocycles. The zero-order valence-corrected chi connectivity index (χ0v) is 26.0. The van der Waals surface area contributed by atoms with Crippen LogP contribution in [0.4, 0.5) is 0 Å². The SMILES string of the molecule is CC1(C)CCCC2(C)C1CCC1(C)C2CC=C2C3C[C@@](C)(C(=O)OCc4ccccc4)CCC3(C)CC[C@]21C. The summed E-state index contributed by atoms with van der Waals surface area (Å²) in [5.41, 5.74) is 4.21. The molecule has 0 aromatic heterocycles. The Kier molecular flexibility index (Phi) is 6.34. The Bertz CT molecular complexity index is 1150. The van der Waals surface area contributed by atoms with E-state index in [9.17, 15) is 4.79 Å². The fourth-order valence-corrected chi connectivity index (χ4v) is 11.5. The van der Waals surface area contributed by atoms with Crippen molar-refractivity contribution in [3.8, 4) is 0 Å². The molecule has 2 nitrogen and oxygen atoms in total. The molecule has 1 aromatic rings. The minimum atomic E-state index is -0.396. The molecular weight excluding hydrogens is 476 g/mol. The van der Waals surface area contributed by atoms with E-state index < -0.39 is 5.41 Å². The van der Waals surface area contributed by atoms with Gasteiger partial charge in [0, 0.05) is 0 Å². The number of ether oxygens (including phenoxy) is 1. The summed E-state index contributed by atoms with van der Waals surface area (Å²) in [5.74, 6) is 2.12. The van der Waals surface area contributed by atoms with Crippen LogP contribution in [0.1, 0.15) is 125 Å². The zero-order valence-electron chi connectivity index (χ0n) is 26.0. The molecular formula is C37H54O2. The summed E-state index contributed by atoms with van der Waals surface area (Å²) in [6, 6.07) is 10.1. The molecule has 0 heterocycles. The largest absolute Gasteiger partial charge is 0.460 e. The van der Waals surface area contributed by atoms with E-state index in [1.807, 2.05) is 30.3 Å². The van der Waals surface area contributed by atoms with Crippen molar-refractivity contribution in [1.82, 2.24) is 0 Å². The molecule has 5 aliphatic rings. The fraction of sp³-hybridized carbons (Fsp3) is 0.757. The van der Waals surface area contributed by atoms with Crippen LogP contribution in [-0.2, 0) is 16.1 Å². The van der Waals surface area contributed by atoms with Crippen molar-refractivity contribution >= 4 is 5.97 Å². The second-order valence-corrected chi connectivity index (χ2v) is 16.7. The lowest BCUT2D eigenvalue weighted by atomic mass is 9.34. The first kappa shape index (κ1) is 27.6. The Morgan fingerprint density at radius 3 is 2.31 bits per heavy atom. The topological polar surface area (TPSA) is 26.3 Å². The van der Waals surface area contributed by atoms with Gasteiger partial charge >= 0.3 is 5.97 Å². The van der Waals surface area contributed by atoms with Crippen LogP contribution in [0.25, 0.3) is 0 Å². The van der Waals surface area contributed by atoms with E-state index in [0.717, 1.165) is 36.7 Å². The van der Waals surface area contributed by atoms with Crippen molar-refractivity contribution in [1.29, 1.82) is 0 Å². The van der Waals surface area contributed by atoms with Gasteiger partial charge < -0.3 is 4.74 Å². The number of fused-ring (bicyclic) bond motifs is 7. The zero-order chi connectivity index (χ0) is 27.9. The van der Waals surface area contributed by atoms with Gasteiger partial charge in [-0.3, -0.25) is 4.79 Å². The molecule has 6 rings (SSSR count). The van der Waals surface area contributed by atoms with Gasteiger partial charge in [-0.25, -0.2) is 0 Å². The van der Waals surface area contributed by atoms with E-state index >= 15 is 0 Å². The minimum absolute atomic E-state index is 0.0126. The van der Waals surface area contributed by atoms with Crippen molar-refractivity contribution in [3.63, 3.8) is 0 Å². The van der Waals surface area contributed by atoms with E-state index in [2.05, 4.69) is 54.5 Å². The predicted molar refractivity (Wildman–Crippen MR) is 160 cm³/mol. The lowest BCUT2D eigenvalue weighted by Gasteiger charge is -2.71. The van der Waals surface area contributed by atoms with Crippen molar-refractivity contribution in [2.75, 3.05) is 0 Å². The number of esters is 1. The van der Waals surface area contributed by atoms with Crippen LogP contribution in [0.15, 0.2) is 42.0 Å². The van der Waals surface area contributed by atoms with Gasteiger partial charge in [-0.15, -0.1) is 0 Å². The molecule has 5 aliphatic carbocycles. The van der Waals surface area contributed by atoms with Gasteiger partial charge in [0.15, 0.2) is 0 Å². The van der Waals surface area contributed by atoms with Crippen LogP contribution in [0.5, 0.6) is 0 Å². The average Bonchev–Trinajstić information content (AvgIpc) is 2.89. The third-order valence-electron chi connectivity index (χ3n) is 14.3. The molecule has 8 atom stereocenters. The Balaban J connectivity index is 1.30. The first-order chi connectivity index (χ1) is 18.3. The Morgan fingerprint density at radius 1 is 0.846 bits per heavy atom. The van der Waals surface area contributed by atoms with Crippen LogP contribution in [-0.4, -0.2) is 5.97 Å². The highest BCUT2D eigenvalue weighted by atomic mass is 16.5. The van der Waals surface area contributed by atoms with E-state index in [1.54, 1.807) is 5.57 Å². The Labute approximate surface area is 238 Å². The highest BCUT2D eigenvalue weighted by molar-refractivity contribution is 5.76. The molecule has 6 unspecified atom stereocenters. The highest BCUT2D eigenvalue weighted by Crippen LogP contribution is 2.75. The summed E-state index contributed by atoms with van der Waals surface area (Å²) in [4.78, 5) is 13.6. The van der Waals surface area contributed by atoms with Gasteiger partial charge in [-0.2, -0.15) is 0 Å². The summed E-state index contributed by atoms with van der Waals surface area (Å²) in [6.45, 7) is 18.3. The van der Waals surface area contributed by atoms with Gasteiger partial charge in [0.1, 0.15) is 6.61 Å². The number of hydrogen-bond donors (Lipinski definition) is 0. The molecule has 0 N–H and O–H groups in total. The normalized spacial score (nSPS) is 46.5. The standard InChI is InChI=1S/C37H54O2/c1-32(2)17-11-18-35(5)29(32)16-19-37(7)30(35)15-14-27-28-24-34(4,21-20-33(28,3)22-23-36(27,37)6)31(38)39-25-26-12-9-8-10-13-26/h8-10,12-14,28-30H,11,15-25H2,1-7H3/t28?,29?,30?,33?,34-,35?,36+,37?/m0/s1. The summed E-state index contributed by atoms with van der Waals surface area (Å²) in [6.07, 6.45) is 16.6. The number of hydrogen-bond acceptors (Lipinski definition) is 2. The lowest BCUT2D eigenvalue weighted by molar-refractivity contribution is -0.182. The molecule has 4 saturated carbocycles. The smallest absolute Gasteiger partial charge is 0.312 e. The quantitative estimate of drug-likeness (QED) is 0.287. The third kappa shape index (κ3) is 3.96. The lowest BCUT2D eigenvalue weighted by Crippen LogP contribution is -2.63. The summed E-state index contributed by atoms with van der Waals surface area (Å²) < 4.78 is 5.98. The van der Waals surface area contributed by atoms with E-state index in [1.165, 1.54) is 51.4 Å². The first-order valence-corrected chi connectivity index (χ1v) is 16.2. The van der Waals surface area contributed by atoms with Gasteiger partial charge in [0.05, 0.1) is 5.41 Å². The highest BCUT2D eigenvalue weighted by Gasteiger charge is 2.67. The third-order valence-corrected chi connectivity index (χ3v) is 14.3. The first-order valence-electron chi connectivity index (χ1n) is 16.2. The average molecular weight is 531 g/mol. The summed E-state index contributed by atoms with van der Waals surface area (Å²) in [7, 11) is 0.